The molecule has 0 bridgehead atoms. The van der Waals surface area contributed by atoms with Gasteiger partial charge in [-0.15, -0.1) is 0 Å². The van der Waals surface area contributed by atoms with E-state index in [4.69, 9.17) is 4.74 Å². The Morgan fingerprint density at radius 3 is 2.40 bits per heavy atom. The highest BCUT2D eigenvalue weighted by atomic mass is 79.9. The number of hydrogen-bond donors (Lipinski definition) is 0. The minimum absolute atomic E-state index is 0.111. The van der Waals surface area contributed by atoms with Crippen LogP contribution < -0.4 is 4.74 Å². The van der Waals surface area contributed by atoms with Crippen LogP contribution in [0.4, 0.5) is 13.2 Å². The molecule has 1 nitrogen and oxygen atoms in total. The van der Waals surface area contributed by atoms with Gasteiger partial charge in [-0.05, 0) is 58.6 Å². The Morgan fingerprint density at radius 2 is 1.80 bits per heavy atom. The summed E-state index contributed by atoms with van der Waals surface area (Å²) < 4.78 is 46.4. The predicted octanol–water partition coefficient (Wildman–Crippen LogP) is 5.53. The van der Waals surface area contributed by atoms with Crippen molar-refractivity contribution in [3.05, 3.63) is 57.3 Å². The van der Waals surface area contributed by atoms with Gasteiger partial charge in [0.05, 0.1) is 4.47 Å². The van der Waals surface area contributed by atoms with Crippen LogP contribution in [0.3, 0.4) is 0 Å². The van der Waals surface area contributed by atoms with Gasteiger partial charge in [-0.1, -0.05) is 6.92 Å². The maximum absolute atomic E-state index is 13.8. The lowest BCUT2D eigenvalue weighted by atomic mass is 10.0. The van der Waals surface area contributed by atoms with E-state index in [-0.39, 0.29) is 16.0 Å². The van der Waals surface area contributed by atoms with Gasteiger partial charge in [0, 0.05) is 6.07 Å². The molecular weight excluding hydrogens is 333 g/mol. The molecule has 0 N–H and O–H groups in total. The number of ether oxygens (including phenoxy) is 1. The van der Waals surface area contributed by atoms with Crippen LogP contribution in [0.15, 0.2) is 28.7 Å². The Bertz CT molecular complexity index is 656. The molecule has 0 aliphatic carbocycles. The fourth-order valence-corrected chi connectivity index (χ4v) is 2.14. The molecule has 20 heavy (non-hydrogen) atoms. The van der Waals surface area contributed by atoms with Gasteiger partial charge < -0.3 is 4.74 Å². The highest BCUT2D eigenvalue weighted by molar-refractivity contribution is 9.10. The zero-order valence-electron chi connectivity index (χ0n) is 10.9. The van der Waals surface area contributed by atoms with E-state index in [9.17, 15) is 13.2 Å². The quantitative estimate of drug-likeness (QED) is 0.711. The van der Waals surface area contributed by atoms with Crippen molar-refractivity contribution in [1.82, 2.24) is 0 Å². The molecular formula is C15H12BrF3O. The predicted molar refractivity (Wildman–Crippen MR) is 74.6 cm³/mol. The molecule has 0 radical (unpaired) electrons. The maximum Gasteiger partial charge on any atom is 0.201 e. The van der Waals surface area contributed by atoms with Gasteiger partial charge in [0.1, 0.15) is 11.6 Å². The number of hydrogen-bond acceptors (Lipinski definition) is 1. The van der Waals surface area contributed by atoms with E-state index < -0.39 is 17.5 Å². The van der Waals surface area contributed by atoms with Crippen molar-refractivity contribution in [2.45, 2.75) is 20.3 Å². The average Bonchev–Trinajstić information content (AvgIpc) is 2.42. The Hall–Kier alpha value is -1.49. The molecule has 0 amide bonds. The molecule has 2 rings (SSSR count). The van der Waals surface area contributed by atoms with Crippen molar-refractivity contribution >= 4 is 15.9 Å². The lowest BCUT2D eigenvalue weighted by molar-refractivity contribution is 0.409. The monoisotopic (exact) mass is 344 g/mol. The molecule has 0 aliphatic rings. The summed E-state index contributed by atoms with van der Waals surface area (Å²) >= 11 is 3.01. The number of benzene rings is 2. The fraction of sp³-hybridized carbons (Fsp3) is 0.200. The van der Waals surface area contributed by atoms with Crippen molar-refractivity contribution in [2.75, 3.05) is 0 Å². The van der Waals surface area contributed by atoms with Crippen LogP contribution in [0.2, 0.25) is 0 Å². The van der Waals surface area contributed by atoms with E-state index >= 15 is 0 Å². The summed E-state index contributed by atoms with van der Waals surface area (Å²) in [6, 6.07) is 5.18. The van der Waals surface area contributed by atoms with E-state index in [0.717, 1.165) is 12.1 Å². The zero-order chi connectivity index (χ0) is 14.9. The lowest BCUT2D eigenvalue weighted by Crippen LogP contribution is -2.00. The molecule has 0 fully saturated rings. The third-order valence-corrected chi connectivity index (χ3v) is 3.67. The van der Waals surface area contributed by atoms with E-state index in [2.05, 4.69) is 15.9 Å². The van der Waals surface area contributed by atoms with Gasteiger partial charge >= 0.3 is 0 Å². The summed E-state index contributed by atoms with van der Waals surface area (Å²) in [5, 5.41) is 0. The van der Waals surface area contributed by atoms with Gasteiger partial charge in [0.2, 0.25) is 5.82 Å². The molecule has 0 saturated carbocycles. The second-order valence-electron chi connectivity index (χ2n) is 4.32. The molecule has 0 aliphatic heterocycles. The molecule has 5 heteroatoms. The first-order valence-corrected chi connectivity index (χ1v) is 6.83. The molecule has 2 aromatic carbocycles. The molecule has 0 saturated heterocycles. The topological polar surface area (TPSA) is 9.23 Å². The minimum Gasteiger partial charge on any atom is -0.454 e. The number of halogens is 4. The summed E-state index contributed by atoms with van der Waals surface area (Å²) in [7, 11) is 0. The second-order valence-corrected chi connectivity index (χ2v) is 5.17. The van der Waals surface area contributed by atoms with Gasteiger partial charge in [0.15, 0.2) is 11.6 Å². The molecule has 2 aromatic rings. The van der Waals surface area contributed by atoms with Gasteiger partial charge in [0.25, 0.3) is 0 Å². The van der Waals surface area contributed by atoms with Crippen LogP contribution in [-0.2, 0) is 6.42 Å². The van der Waals surface area contributed by atoms with E-state index in [1.54, 1.807) is 6.92 Å². The summed E-state index contributed by atoms with van der Waals surface area (Å²) in [5.41, 5.74) is 1.16. The number of aryl methyl sites for hydroxylation is 1. The zero-order valence-corrected chi connectivity index (χ0v) is 12.5. The van der Waals surface area contributed by atoms with Crippen LogP contribution in [-0.4, -0.2) is 0 Å². The Morgan fingerprint density at radius 1 is 1.10 bits per heavy atom. The largest absolute Gasteiger partial charge is 0.454 e. The molecule has 0 atom stereocenters. The third-order valence-electron chi connectivity index (χ3n) is 3.02. The van der Waals surface area contributed by atoms with E-state index in [1.165, 1.54) is 12.1 Å². The van der Waals surface area contributed by atoms with Crippen LogP contribution in [0.25, 0.3) is 0 Å². The van der Waals surface area contributed by atoms with Crippen LogP contribution in [0.5, 0.6) is 11.5 Å². The van der Waals surface area contributed by atoms with Gasteiger partial charge in [-0.2, -0.15) is 4.39 Å². The first-order chi connectivity index (χ1) is 9.43. The summed E-state index contributed by atoms with van der Waals surface area (Å²) in [6.45, 7) is 3.48. The summed E-state index contributed by atoms with van der Waals surface area (Å²) in [4.78, 5) is 0. The van der Waals surface area contributed by atoms with Crippen molar-refractivity contribution in [1.29, 1.82) is 0 Å². The van der Waals surface area contributed by atoms with E-state index in [1.807, 2.05) is 6.92 Å². The second kappa shape index (κ2) is 5.87. The fourth-order valence-electron chi connectivity index (χ4n) is 1.89. The Kier molecular flexibility index (Phi) is 4.38. The maximum atomic E-state index is 13.8. The van der Waals surface area contributed by atoms with Crippen molar-refractivity contribution in [2.24, 2.45) is 0 Å². The molecule has 0 aromatic heterocycles. The minimum atomic E-state index is -1.07. The smallest absolute Gasteiger partial charge is 0.201 e. The van der Waals surface area contributed by atoms with Crippen molar-refractivity contribution < 1.29 is 17.9 Å². The molecule has 0 unspecified atom stereocenters. The first kappa shape index (κ1) is 14.9. The van der Waals surface area contributed by atoms with Gasteiger partial charge in [-0.25, -0.2) is 8.78 Å². The Labute approximate surface area is 123 Å². The van der Waals surface area contributed by atoms with Crippen molar-refractivity contribution in [3.8, 4) is 11.5 Å². The SMILES string of the molecule is CCc1cc(F)c(F)c(Oc2ccc(Br)c(F)c2)c1C. The van der Waals surface area contributed by atoms with Gasteiger partial charge in [-0.3, -0.25) is 0 Å². The highest BCUT2D eigenvalue weighted by Gasteiger charge is 2.17. The van der Waals surface area contributed by atoms with Crippen LogP contribution >= 0.6 is 15.9 Å². The first-order valence-electron chi connectivity index (χ1n) is 6.04. The highest BCUT2D eigenvalue weighted by Crippen LogP contribution is 2.33. The molecule has 0 heterocycles. The molecule has 106 valence electrons. The normalized spacial score (nSPS) is 10.7. The van der Waals surface area contributed by atoms with Crippen LogP contribution in [0, 0.1) is 24.4 Å². The number of rotatable bonds is 3. The van der Waals surface area contributed by atoms with E-state index in [0.29, 0.717) is 17.5 Å². The average molecular weight is 345 g/mol. The van der Waals surface area contributed by atoms with Crippen molar-refractivity contribution in [3.63, 3.8) is 0 Å². The standard InChI is InChI=1S/C15H12BrF3O/c1-3-9-6-13(18)14(19)15(8(9)2)20-10-4-5-11(16)12(17)7-10/h4-7H,3H2,1-2H3. The lowest BCUT2D eigenvalue weighted by Gasteiger charge is -2.13. The third kappa shape index (κ3) is 2.82. The summed E-state index contributed by atoms with van der Waals surface area (Å²) in [6.07, 6.45) is 0.550. The van der Waals surface area contributed by atoms with Crippen LogP contribution in [0.1, 0.15) is 18.1 Å². The Balaban J connectivity index is 2.47. The summed E-state index contributed by atoms with van der Waals surface area (Å²) in [5.74, 6) is -2.67. The molecule has 0 spiro atoms.